The van der Waals surface area contributed by atoms with Gasteiger partial charge in [-0.1, -0.05) is 40.5 Å². The molecule has 0 aliphatic rings. The molecule has 0 N–H and O–H groups in total. The highest BCUT2D eigenvalue weighted by Crippen LogP contribution is 2.11. The molecule has 0 atom stereocenters. The summed E-state index contributed by atoms with van der Waals surface area (Å²) in [5, 5.41) is 0. The third-order valence-electron chi connectivity index (χ3n) is 3.43. The van der Waals surface area contributed by atoms with E-state index in [0.717, 1.165) is 11.8 Å². The van der Waals surface area contributed by atoms with E-state index in [2.05, 4.69) is 46.4 Å². The first-order valence-corrected chi connectivity index (χ1v) is 7.67. The molecule has 0 saturated heterocycles. The first-order chi connectivity index (χ1) is 7.93. The highest BCUT2D eigenvalue weighted by Gasteiger charge is 2.09. The van der Waals surface area contributed by atoms with E-state index in [1.807, 2.05) is 0 Å². The molecule has 0 spiro atoms. The minimum absolute atomic E-state index is 0.709. The van der Waals surface area contributed by atoms with Crippen LogP contribution in [-0.4, -0.2) is 24.0 Å². The normalized spacial score (nSPS) is 12.4. The molecule has 0 unspecified atom stereocenters. The summed E-state index contributed by atoms with van der Waals surface area (Å²) in [6.07, 6.45) is 6.89. The van der Waals surface area contributed by atoms with Crippen molar-refractivity contribution in [3.8, 4) is 0 Å². The quantitative estimate of drug-likeness (QED) is 0.489. The van der Waals surface area contributed by atoms with Gasteiger partial charge in [0.1, 0.15) is 0 Å². The lowest BCUT2D eigenvalue weighted by Gasteiger charge is -2.26. The average molecular weight is 241 g/mol. The maximum atomic E-state index is 2.66. The molecule has 0 saturated carbocycles. The van der Waals surface area contributed by atoms with E-state index >= 15 is 0 Å². The van der Waals surface area contributed by atoms with E-state index in [-0.39, 0.29) is 0 Å². The number of hydrogen-bond donors (Lipinski definition) is 0. The summed E-state index contributed by atoms with van der Waals surface area (Å²) in [4.78, 5) is 2.66. The van der Waals surface area contributed by atoms with E-state index in [1.165, 1.54) is 45.2 Å². The molecule has 17 heavy (non-hydrogen) atoms. The van der Waals surface area contributed by atoms with Crippen LogP contribution < -0.4 is 0 Å². The lowest BCUT2D eigenvalue weighted by atomic mass is 10.1. The molecular formula is C16H35N. The zero-order valence-electron chi connectivity index (χ0n) is 13.1. The second-order valence-corrected chi connectivity index (χ2v) is 6.56. The van der Waals surface area contributed by atoms with Gasteiger partial charge in [-0.05, 0) is 58.0 Å². The third-order valence-corrected chi connectivity index (χ3v) is 3.43. The molecule has 0 bridgehead atoms. The largest absolute Gasteiger partial charge is 0.301 e. The molecule has 0 aliphatic heterocycles. The molecule has 0 rings (SSSR count). The van der Waals surface area contributed by atoms with Gasteiger partial charge >= 0.3 is 0 Å². The van der Waals surface area contributed by atoms with E-state index in [0.29, 0.717) is 6.04 Å². The van der Waals surface area contributed by atoms with Crippen molar-refractivity contribution in [2.45, 2.75) is 79.7 Å². The smallest absolute Gasteiger partial charge is 0.00385 e. The van der Waals surface area contributed by atoms with E-state index in [9.17, 15) is 0 Å². The van der Waals surface area contributed by atoms with Crippen LogP contribution in [0.1, 0.15) is 73.6 Å². The molecule has 1 heteroatoms. The van der Waals surface area contributed by atoms with Crippen LogP contribution in [0.15, 0.2) is 0 Å². The standard InChI is InChI=1S/C16H35N/c1-14(2)10-7-8-12-17(16(5)6)13-9-11-15(3)4/h14-16H,7-13H2,1-6H3. The first kappa shape index (κ1) is 17.0. The highest BCUT2D eigenvalue weighted by molar-refractivity contribution is 4.64. The molecular weight excluding hydrogens is 206 g/mol. The van der Waals surface area contributed by atoms with Gasteiger partial charge in [0.25, 0.3) is 0 Å². The summed E-state index contributed by atoms with van der Waals surface area (Å²) in [7, 11) is 0. The number of nitrogens with zero attached hydrogens (tertiary/aromatic N) is 1. The molecule has 0 radical (unpaired) electrons. The Hall–Kier alpha value is -0.0400. The van der Waals surface area contributed by atoms with Crippen molar-refractivity contribution in [3.63, 3.8) is 0 Å². The van der Waals surface area contributed by atoms with Crippen molar-refractivity contribution in [2.24, 2.45) is 11.8 Å². The van der Waals surface area contributed by atoms with Gasteiger partial charge in [-0.15, -0.1) is 0 Å². The molecule has 0 amide bonds. The van der Waals surface area contributed by atoms with Crippen molar-refractivity contribution in [3.05, 3.63) is 0 Å². The van der Waals surface area contributed by atoms with Gasteiger partial charge in [-0.25, -0.2) is 0 Å². The van der Waals surface area contributed by atoms with Crippen LogP contribution in [0.3, 0.4) is 0 Å². The lowest BCUT2D eigenvalue weighted by Crippen LogP contribution is -2.33. The van der Waals surface area contributed by atoms with Crippen LogP contribution in [-0.2, 0) is 0 Å². The average Bonchev–Trinajstić information content (AvgIpc) is 2.20. The van der Waals surface area contributed by atoms with Crippen LogP contribution >= 0.6 is 0 Å². The van der Waals surface area contributed by atoms with Crippen molar-refractivity contribution in [2.75, 3.05) is 13.1 Å². The summed E-state index contributed by atoms with van der Waals surface area (Å²) >= 11 is 0. The van der Waals surface area contributed by atoms with E-state index in [4.69, 9.17) is 0 Å². The van der Waals surface area contributed by atoms with Crippen LogP contribution in [0.4, 0.5) is 0 Å². The van der Waals surface area contributed by atoms with Crippen LogP contribution in [0.2, 0.25) is 0 Å². The number of hydrogen-bond acceptors (Lipinski definition) is 1. The molecule has 0 aromatic carbocycles. The summed E-state index contributed by atoms with van der Waals surface area (Å²) in [6, 6.07) is 0.709. The van der Waals surface area contributed by atoms with Crippen LogP contribution in [0.5, 0.6) is 0 Å². The van der Waals surface area contributed by atoms with Gasteiger partial charge in [-0.3, -0.25) is 0 Å². The Morgan fingerprint density at radius 2 is 1.12 bits per heavy atom. The molecule has 1 nitrogen and oxygen atoms in total. The minimum atomic E-state index is 0.709. The van der Waals surface area contributed by atoms with Gasteiger partial charge in [0.05, 0.1) is 0 Å². The van der Waals surface area contributed by atoms with Crippen molar-refractivity contribution < 1.29 is 0 Å². The maximum absolute atomic E-state index is 2.66. The van der Waals surface area contributed by atoms with Crippen LogP contribution in [0, 0.1) is 11.8 Å². The van der Waals surface area contributed by atoms with Gasteiger partial charge in [-0.2, -0.15) is 0 Å². The summed E-state index contributed by atoms with van der Waals surface area (Å²) < 4.78 is 0. The Morgan fingerprint density at radius 1 is 0.647 bits per heavy atom. The predicted molar refractivity (Wildman–Crippen MR) is 79.5 cm³/mol. The van der Waals surface area contributed by atoms with E-state index < -0.39 is 0 Å². The van der Waals surface area contributed by atoms with Crippen molar-refractivity contribution in [1.82, 2.24) is 4.90 Å². The zero-order valence-corrected chi connectivity index (χ0v) is 13.1. The summed E-state index contributed by atoms with van der Waals surface area (Å²) in [5.74, 6) is 1.72. The lowest BCUT2D eigenvalue weighted by molar-refractivity contribution is 0.208. The van der Waals surface area contributed by atoms with Gasteiger partial charge in [0.15, 0.2) is 0 Å². The monoisotopic (exact) mass is 241 g/mol. The fraction of sp³-hybridized carbons (Fsp3) is 1.00. The molecule has 0 heterocycles. The fourth-order valence-electron chi connectivity index (χ4n) is 2.20. The number of rotatable bonds is 10. The van der Waals surface area contributed by atoms with Gasteiger partial charge in [0.2, 0.25) is 0 Å². The van der Waals surface area contributed by atoms with Crippen molar-refractivity contribution >= 4 is 0 Å². The Balaban J connectivity index is 3.67. The maximum Gasteiger partial charge on any atom is 0.00385 e. The molecule has 0 aromatic heterocycles. The SMILES string of the molecule is CC(C)CCCCN(CCCC(C)C)C(C)C. The fourth-order valence-corrected chi connectivity index (χ4v) is 2.20. The molecule has 0 aromatic rings. The second kappa shape index (κ2) is 9.94. The summed E-state index contributed by atoms with van der Waals surface area (Å²) in [5.41, 5.74) is 0. The zero-order chi connectivity index (χ0) is 13.3. The third kappa shape index (κ3) is 10.8. The Kier molecular flexibility index (Phi) is 9.91. The summed E-state index contributed by atoms with van der Waals surface area (Å²) in [6.45, 7) is 16.5. The number of unbranched alkanes of at least 4 members (excludes halogenated alkanes) is 1. The highest BCUT2D eigenvalue weighted by atomic mass is 15.1. The molecule has 0 aliphatic carbocycles. The van der Waals surface area contributed by atoms with Gasteiger partial charge in [0, 0.05) is 6.04 Å². The Bertz CT molecular complexity index is 161. The van der Waals surface area contributed by atoms with Gasteiger partial charge < -0.3 is 4.90 Å². The first-order valence-electron chi connectivity index (χ1n) is 7.67. The van der Waals surface area contributed by atoms with Crippen LogP contribution in [0.25, 0.3) is 0 Å². The minimum Gasteiger partial charge on any atom is -0.301 e. The van der Waals surface area contributed by atoms with E-state index in [1.54, 1.807) is 0 Å². The second-order valence-electron chi connectivity index (χ2n) is 6.56. The molecule has 0 fully saturated rings. The molecule has 104 valence electrons. The Labute approximate surface area is 110 Å². The predicted octanol–water partition coefficient (Wildman–Crippen LogP) is 4.96. The van der Waals surface area contributed by atoms with Crippen molar-refractivity contribution in [1.29, 1.82) is 0 Å². The topological polar surface area (TPSA) is 3.24 Å². The Morgan fingerprint density at radius 3 is 1.59 bits per heavy atom.